The van der Waals surface area contributed by atoms with Crippen LogP contribution in [0.25, 0.3) is 65.4 Å². The van der Waals surface area contributed by atoms with Crippen LogP contribution in [-0.2, 0) is 54.1 Å². The topological polar surface area (TPSA) is 29.6 Å². The Morgan fingerprint density at radius 2 is 0.734 bits per heavy atom. The molecule has 0 unspecified atom stereocenters. The summed E-state index contributed by atoms with van der Waals surface area (Å²) in [6.07, 6.45) is 12.0. The SMILES string of the molecule is CC.CC.CC.CC.CC.CC.CC(C)c1cc(Cl)c2c(ccn2C)c1.CCc1cc(Cl)c2c(ccn2C)c1.Cc1c(F)c(F)cc2ccn(C)c12.Cc1c(F)cc(F)c2ccn(C)c12.Cn1ccc2c(F)c(F)c(F)c(F)c21.Cn1ccc2cc(C(C)(C)C)cc(Cl)c21. The lowest BCUT2D eigenvalue weighted by molar-refractivity contribution is 0.416. The van der Waals surface area contributed by atoms with Gasteiger partial charge in [0.2, 0.25) is 0 Å². The maximum absolute atomic E-state index is 13.2. The van der Waals surface area contributed by atoms with Crippen LogP contribution in [0.4, 0.5) is 35.1 Å². The van der Waals surface area contributed by atoms with Gasteiger partial charge in [0.05, 0.1) is 48.2 Å². The maximum Gasteiger partial charge on any atom is 0.199 e. The third kappa shape index (κ3) is 20.4. The molecule has 0 N–H and O–H groups in total. The molecule has 0 saturated carbocycles. The monoisotopic (exact) mass is 1370 g/mol. The fourth-order valence-corrected chi connectivity index (χ4v) is 10.9. The summed E-state index contributed by atoms with van der Waals surface area (Å²) < 4.78 is 115. The molecule has 0 radical (unpaired) electrons. The minimum atomic E-state index is -1.78. The molecule has 516 valence electrons. The van der Waals surface area contributed by atoms with E-state index < -0.39 is 46.5 Å². The van der Waals surface area contributed by atoms with Crippen LogP contribution in [0.3, 0.4) is 0 Å². The summed E-state index contributed by atoms with van der Waals surface area (Å²) >= 11 is 18.7. The van der Waals surface area contributed by atoms with Gasteiger partial charge in [0, 0.05) is 129 Å². The standard InChI is InChI=1S/C13H16ClN.C12H14ClN.C11H12ClN.2C10H9F2N.C9H5F4N.6C2H6/c1-13(2,3)10-7-9-5-6-15(4)12(9)11(14)8-10;1-8(2)10-6-9-4-5-14(3)12(9)11(13)7-10;1-3-8-6-9-4-5-13(2)11(9)10(12)7-8;1-6-8(11)5-9(12)7-3-4-13(2)10(6)7;1-6-9(12)8(11)5-7-3-4-13(2)10(6)7;1-14-3-2-4-5(10)6(11)7(12)8(13)9(4)14;6*1-2/h5-8H,1-4H3;4-8H,1-3H3;4-7H,3H2,1-2H3;2*3-5H,1-2H3;2-3H,1H3;6*1-2H3. The van der Waals surface area contributed by atoms with Crippen molar-refractivity contribution in [3.63, 3.8) is 0 Å². The molecule has 0 bridgehead atoms. The number of aromatic nitrogens is 6. The van der Waals surface area contributed by atoms with Gasteiger partial charge in [-0.15, -0.1) is 0 Å². The fraction of sp³-hybridized carbons (Fsp3) is 0.377. The van der Waals surface area contributed by atoms with Crippen LogP contribution >= 0.6 is 34.8 Å². The summed E-state index contributed by atoms with van der Waals surface area (Å²) in [5.41, 5.74) is 9.33. The molecule has 17 heteroatoms. The van der Waals surface area contributed by atoms with E-state index >= 15 is 0 Å². The Morgan fingerprint density at radius 1 is 0.362 bits per heavy atom. The van der Waals surface area contributed by atoms with Crippen LogP contribution in [0.1, 0.15) is 158 Å². The molecule has 0 aliphatic carbocycles. The molecular formula is C77H101Cl3F8N6. The van der Waals surface area contributed by atoms with Crippen molar-refractivity contribution in [2.75, 3.05) is 0 Å². The number of benzene rings is 6. The van der Waals surface area contributed by atoms with Crippen molar-refractivity contribution in [1.29, 1.82) is 0 Å². The molecule has 6 aromatic heterocycles. The number of aryl methyl sites for hydroxylation is 9. The van der Waals surface area contributed by atoms with Crippen LogP contribution in [0, 0.1) is 60.4 Å². The van der Waals surface area contributed by atoms with E-state index in [1.165, 1.54) is 62.8 Å². The first kappa shape index (κ1) is 84.9. The van der Waals surface area contributed by atoms with Crippen molar-refractivity contribution in [2.24, 2.45) is 42.3 Å². The van der Waals surface area contributed by atoms with Gasteiger partial charge in [0.1, 0.15) is 11.6 Å². The van der Waals surface area contributed by atoms with Crippen molar-refractivity contribution in [1.82, 2.24) is 27.4 Å². The maximum atomic E-state index is 13.2. The Hall–Kier alpha value is -7.13. The molecule has 12 rings (SSSR count). The van der Waals surface area contributed by atoms with Gasteiger partial charge in [-0.1, -0.05) is 159 Å². The molecule has 6 aromatic carbocycles. The molecule has 0 fully saturated rings. The zero-order chi connectivity index (χ0) is 72.6. The van der Waals surface area contributed by atoms with Gasteiger partial charge in [0.25, 0.3) is 0 Å². The number of hydrogen-bond donors (Lipinski definition) is 0. The molecule has 0 amide bonds. The normalized spacial score (nSPS) is 10.3. The molecule has 0 aliphatic heterocycles. The molecule has 0 saturated heterocycles. The first-order valence-electron chi connectivity index (χ1n) is 32.3. The average Bonchev–Trinajstić information content (AvgIpc) is 1.58. The Morgan fingerprint density at radius 3 is 1.19 bits per heavy atom. The number of rotatable bonds is 2. The Bertz CT molecular complexity index is 4300. The highest BCUT2D eigenvalue weighted by atomic mass is 35.5. The lowest BCUT2D eigenvalue weighted by Gasteiger charge is -2.19. The Kier molecular flexibility index (Phi) is 35.8. The molecule has 0 spiro atoms. The van der Waals surface area contributed by atoms with Gasteiger partial charge in [-0.2, -0.15) is 0 Å². The van der Waals surface area contributed by atoms with Crippen LogP contribution in [0.2, 0.25) is 15.1 Å². The van der Waals surface area contributed by atoms with Gasteiger partial charge < -0.3 is 27.4 Å². The fourth-order valence-electron chi connectivity index (χ4n) is 9.83. The lowest BCUT2D eigenvalue weighted by atomic mass is 9.86. The molecule has 12 aromatic rings. The summed E-state index contributed by atoms with van der Waals surface area (Å²) in [6.45, 7) is 40.3. The number of fused-ring (bicyclic) bond motifs is 6. The second-order valence-corrected chi connectivity index (χ2v) is 22.9. The van der Waals surface area contributed by atoms with Crippen molar-refractivity contribution in [3.8, 4) is 0 Å². The van der Waals surface area contributed by atoms with Gasteiger partial charge in [-0.3, -0.25) is 0 Å². The summed E-state index contributed by atoms with van der Waals surface area (Å²) in [5.74, 6) is -8.29. The van der Waals surface area contributed by atoms with Crippen molar-refractivity contribution < 1.29 is 35.1 Å². The molecule has 0 aliphatic rings. The molecule has 0 atom stereocenters. The molecule has 94 heavy (non-hydrogen) atoms. The number of halogens is 11. The summed E-state index contributed by atoms with van der Waals surface area (Å²) in [7, 11) is 11.1. The lowest BCUT2D eigenvalue weighted by Crippen LogP contribution is -2.10. The predicted octanol–water partition coefficient (Wildman–Crippen LogP) is 25.9. The number of nitrogens with zero attached hydrogens (tertiary/aromatic N) is 6. The summed E-state index contributed by atoms with van der Waals surface area (Å²) in [5, 5.41) is 7.15. The second-order valence-electron chi connectivity index (χ2n) is 21.7. The third-order valence-electron chi connectivity index (χ3n) is 14.5. The van der Waals surface area contributed by atoms with Crippen LogP contribution < -0.4 is 0 Å². The minimum absolute atomic E-state index is 0.146. The van der Waals surface area contributed by atoms with Crippen LogP contribution in [0.15, 0.2) is 122 Å². The highest BCUT2D eigenvalue weighted by molar-refractivity contribution is 6.36. The van der Waals surface area contributed by atoms with E-state index in [1.54, 1.807) is 54.6 Å². The van der Waals surface area contributed by atoms with E-state index in [9.17, 15) is 35.1 Å². The zero-order valence-electron chi connectivity index (χ0n) is 60.2. The van der Waals surface area contributed by atoms with Crippen molar-refractivity contribution >= 4 is 100 Å². The second kappa shape index (κ2) is 39.7. The Labute approximate surface area is 569 Å². The third-order valence-corrected chi connectivity index (χ3v) is 15.3. The quantitative estimate of drug-likeness (QED) is 0.0938. The summed E-state index contributed by atoms with van der Waals surface area (Å²) in [4.78, 5) is 0. The number of hydrogen-bond acceptors (Lipinski definition) is 0. The van der Waals surface area contributed by atoms with Gasteiger partial charge in [-0.05, 0) is 127 Å². The molecule has 6 nitrogen and oxygen atoms in total. The smallest absolute Gasteiger partial charge is 0.199 e. The zero-order valence-corrected chi connectivity index (χ0v) is 62.4. The average molecular weight is 1370 g/mol. The highest BCUT2D eigenvalue weighted by Crippen LogP contribution is 2.34. The largest absolute Gasteiger partial charge is 0.350 e. The van der Waals surface area contributed by atoms with E-state index in [4.69, 9.17) is 34.8 Å². The van der Waals surface area contributed by atoms with E-state index in [-0.39, 0.29) is 16.3 Å². The van der Waals surface area contributed by atoms with Gasteiger partial charge in [-0.25, -0.2) is 35.1 Å². The van der Waals surface area contributed by atoms with E-state index in [1.807, 2.05) is 136 Å². The van der Waals surface area contributed by atoms with Crippen LogP contribution in [-0.4, -0.2) is 27.4 Å². The van der Waals surface area contributed by atoms with Crippen molar-refractivity contribution in [3.05, 3.63) is 212 Å². The van der Waals surface area contributed by atoms with Gasteiger partial charge >= 0.3 is 0 Å². The first-order chi connectivity index (χ1) is 44.5. The van der Waals surface area contributed by atoms with Crippen molar-refractivity contribution in [2.45, 2.75) is 156 Å². The Balaban J connectivity index is 0.000000546. The minimum Gasteiger partial charge on any atom is -0.350 e. The highest BCUT2D eigenvalue weighted by Gasteiger charge is 2.22. The summed E-state index contributed by atoms with van der Waals surface area (Å²) in [6, 6.07) is 25.9. The van der Waals surface area contributed by atoms with Crippen LogP contribution in [0.5, 0.6) is 0 Å². The molecule has 6 heterocycles. The molecular weight excluding hydrogens is 1270 g/mol. The first-order valence-corrected chi connectivity index (χ1v) is 33.4. The predicted molar refractivity (Wildman–Crippen MR) is 392 cm³/mol. The van der Waals surface area contributed by atoms with E-state index in [2.05, 4.69) is 104 Å². The van der Waals surface area contributed by atoms with Gasteiger partial charge in [0.15, 0.2) is 34.9 Å². The van der Waals surface area contributed by atoms with E-state index in [0.717, 1.165) is 55.0 Å². The van der Waals surface area contributed by atoms with E-state index in [0.29, 0.717) is 27.9 Å².